The molecule has 0 aliphatic rings. The smallest absolute Gasteiger partial charge is 0.241 e. The molecule has 0 unspecified atom stereocenters. The third kappa shape index (κ3) is 5.05. The lowest BCUT2D eigenvalue weighted by molar-refractivity contribution is -0.117. The Labute approximate surface area is 134 Å². The Morgan fingerprint density at radius 2 is 2.09 bits per heavy atom. The van der Waals surface area contributed by atoms with E-state index in [1.165, 1.54) is 0 Å². The second kappa shape index (κ2) is 8.41. The molecule has 0 fully saturated rings. The molecule has 6 heteroatoms. The highest BCUT2D eigenvalue weighted by atomic mass is 32.2. The summed E-state index contributed by atoms with van der Waals surface area (Å²) in [5.41, 5.74) is 6.51. The molecule has 3 N–H and O–H groups in total. The van der Waals surface area contributed by atoms with Gasteiger partial charge in [-0.25, -0.2) is 0 Å². The number of amides is 1. The number of ether oxygens (including phenoxy) is 1. The van der Waals surface area contributed by atoms with Crippen molar-refractivity contribution in [1.82, 2.24) is 4.98 Å². The van der Waals surface area contributed by atoms with Crippen molar-refractivity contribution in [1.29, 1.82) is 0 Å². The molecular weight excluding hydrogens is 298 g/mol. The van der Waals surface area contributed by atoms with Crippen LogP contribution in [0.2, 0.25) is 0 Å². The molecule has 0 aliphatic heterocycles. The van der Waals surface area contributed by atoms with Crippen LogP contribution in [0.3, 0.4) is 0 Å². The summed E-state index contributed by atoms with van der Waals surface area (Å²) in [7, 11) is 0. The van der Waals surface area contributed by atoms with E-state index >= 15 is 0 Å². The van der Waals surface area contributed by atoms with Gasteiger partial charge in [-0.2, -0.15) is 11.8 Å². The number of nitrogens with zero attached hydrogens (tertiary/aromatic N) is 1. The van der Waals surface area contributed by atoms with Gasteiger partial charge in [-0.15, -0.1) is 0 Å². The van der Waals surface area contributed by atoms with E-state index in [1.807, 2.05) is 18.4 Å². The molecule has 0 bridgehead atoms. The molecule has 1 aromatic carbocycles. The minimum absolute atomic E-state index is 0.185. The van der Waals surface area contributed by atoms with E-state index in [0.717, 1.165) is 5.75 Å². The molecule has 1 atom stereocenters. The number of carbonyl (C=O) groups is 1. The van der Waals surface area contributed by atoms with Crippen molar-refractivity contribution in [3.63, 3.8) is 0 Å². The van der Waals surface area contributed by atoms with Crippen LogP contribution in [0.1, 0.15) is 6.42 Å². The predicted octanol–water partition coefficient (Wildman–Crippen LogP) is 2.89. The minimum Gasteiger partial charge on any atom is -0.457 e. The highest BCUT2D eigenvalue weighted by Gasteiger charge is 2.13. The van der Waals surface area contributed by atoms with E-state index in [1.54, 1.807) is 48.4 Å². The molecule has 0 saturated carbocycles. The van der Waals surface area contributed by atoms with Crippen LogP contribution < -0.4 is 15.8 Å². The minimum atomic E-state index is -0.503. The van der Waals surface area contributed by atoms with Crippen LogP contribution in [0, 0.1) is 0 Å². The second-order valence-corrected chi connectivity index (χ2v) is 5.68. The third-order valence-corrected chi connectivity index (χ3v) is 3.60. The summed E-state index contributed by atoms with van der Waals surface area (Å²) in [4.78, 5) is 15.9. The van der Waals surface area contributed by atoms with Crippen LogP contribution in [0.15, 0.2) is 48.8 Å². The Hall–Kier alpha value is -2.05. The third-order valence-electron chi connectivity index (χ3n) is 2.96. The zero-order valence-corrected chi connectivity index (χ0v) is 13.2. The van der Waals surface area contributed by atoms with Crippen molar-refractivity contribution in [2.45, 2.75) is 12.5 Å². The first-order valence-corrected chi connectivity index (χ1v) is 8.32. The normalized spacial score (nSPS) is 11.7. The molecule has 22 heavy (non-hydrogen) atoms. The molecule has 116 valence electrons. The number of carbonyl (C=O) groups excluding carboxylic acids is 1. The van der Waals surface area contributed by atoms with Crippen molar-refractivity contribution in [3.05, 3.63) is 48.8 Å². The molecule has 5 nitrogen and oxygen atoms in total. The van der Waals surface area contributed by atoms with E-state index in [9.17, 15) is 4.79 Å². The fourth-order valence-electron chi connectivity index (χ4n) is 1.79. The van der Waals surface area contributed by atoms with Gasteiger partial charge in [0.15, 0.2) is 0 Å². The fraction of sp³-hybridized carbons (Fsp3) is 0.250. The Bertz CT molecular complexity index is 607. The number of anilines is 1. The van der Waals surface area contributed by atoms with Gasteiger partial charge in [0.1, 0.15) is 11.5 Å². The fourth-order valence-corrected chi connectivity index (χ4v) is 2.28. The van der Waals surface area contributed by atoms with Gasteiger partial charge < -0.3 is 15.8 Å². The number of hydrogen-bond donors (Lipinski definition) is 2. The Morgan fingerprint density at radius 1 is 1.32 bits per heavy atom. The Balaban J connectivity index is 1.98. The number of aromatic nitrogens is 1. The quantitative estimate of drug-likeness (QED) is 0.821. The standard InChI is InChI=1S/C16H19N3O2S/c1-22-10-7-15(17)16(20)19-12-3-2-4-14(11-12)21-13-5-8-18-9-6-13/h2-6,8-9,11,15H,7,10,17H2,1H3,(H,19,20)/t15-/m0/s1. The second-order valence-electron chi connectivity index (χ2n) is 4.69. The lowest BCUT2D eigenvalue weighted by atomic mass is 10.2. The molecular formula is C16H19N3O2S. The predicted molar refractivity (Wildman–Crippen MR) is 90.4 cm³/mol. The van der Waals surface area contributed by atoms with Gasteiger partial charge in [0, 0.05) is 24.1 Å². The van der Waals surface area contributed by atoms with E-state index < -0.39 is 6.04 Å². The van der Waals surface area contributed by atoms with Crippen molar-refractivity contribution < 1.29 is 9.53 Å². The number of pyridine rings is 1. The van der Waals surface area contributed by atoms with Crippen molar-refractivity contribution in [3.8, 4) is 11.5 Å². The van der Waals surface area contributed by atoms with E-state index in [-0.39, 0.29) is 5.91 Å². The van der Waals surface area contributed by atoms with Crippen molar-refractivity contribution >= 4 is 23.4 Å². The summed E-state index contributed by atoms with van der Waals surface area (Å²) in [5, 5.41) is 2.81. The zero-order chi connectivity index (χ0) is 15.8. The summed E-state index contributed by atoms with van der Waals surface area (Å²) < 4.78 is 5.70. The number of nitrogens with two attached hydrogens (primary N) is 1. The summed E-state index contributed by atoms with van der Waals surface area (Å²) in [6.07, 6.45) is 5.96. The Morgan fingerprint density at radius 3 is 2.82 bits per heavy atom. The topological polar surface area (TPSA) is 77.2 Å². The number of thioether (sulfide) groups is 1. The van der Waals surface area contributed by atoms with Gasteiger partial charge >= 0.3 is 0 Å². The molecule has 2 aromatic rings. The Kier molecular flexibility index (Phi) is 6.24. The van der Waals surface area contributed by atoms with Gasteiger partial charge in [-0.3, -0.25) is 9.78 Å². The first-order chi connectivity index (χ1) is 10.7. The highest BCUT2D eigenvalue weighted by molar-refractivity contribution is 7.98. The molecule has 1 heterocycles. The SMILES string of the molecule is CSCC[C@H](N)C(=O)Nc1cccc(Oc2ccncc2)c1. The summed E-state index contributed by atoms with van der Waals surface area (Å²) in [5.74, 6) is 2.01. The molecule has 0 saturated heterocycles. The van der Waals surface area contributed by atoms with Crippen molar-refractivity contribution in [2.24, 2.45) is 5.73 Å². The lowest BCUT2D eigenvalue weighted by Gasteiger charge is -2.12. The summed E-state index contributed by atoms with van der Waals surface area (Å²) in [6, 6.07) is 10.2. The molecule has 0 spiro atoms. The maximum atomic E-state index is 12.0. The van der Waals surface area contributed by atoms with Gasteiger partial charge in [-0.1, -0.05) is 6.07 Å². The van der Waals surface area contributed by atoms with Gasteiger partial charge in [0.2, 0.25) is 5.91 Å². The van der Waals surface area contributed by atoms with Crippen LogP contribution >= 0.6 is 11.8 Å². The monoisotopic (exact) mass is 317 g/mol. The number of hydrogen-bond acceptors (Lipinski definition) is 5. The molecule has 0 aliphatic carbocycles. The van der Waals surface area contributed by atoms with Gasteiger partial charge in [0.05, 0.1) is 6.04 Å². The van der Waals surface area contributed by atoms with E-state index in [4.69, 9.17) is 10.5 Å². The molecule has 0 radical (unpaired) electrons. The first-order valence-electron chi connectivity index (χ1n) is 6.92. The average molecular weight is 317 g/mol. The number of nitrogens with one attached hydrogen (secondary N) is 1. The zero-order valence-electron chi connectivity index (χ0n) is 12.4. The van der Waals surface area contributed by atoms with E-state index in [2.05, 4.69) is 10.3 Å². The average Bonchev–Trinajstić information content (AvgIpc) is 2.54. The van der Waals surface area contributed by atoms with Crippen LogP contribution in [0.25, 0.3) is 0 Å². The van der Waals surface area contributed by atoms with Crippen LogP contribution in [-0.4, -0.2) is 28.9 Å². The maximum Gasteiger partial charge on any atom is 0.241 e. The summed E-state index contributed by atoms with van der Waals surface area (Å²) in [6.45, 7) is 0. The highest BCUT2D eigenvalue weighted by Crippen LogP contribution is 2.23. The van der Waals surface area contributed by atoms with Gasteiger partial charge in [0.25, 0.3) is 0 Å². The number of benzene rings is 1. The van der Waals surface area contributed by atoms with Gasteiger partial charge in [-0.05, 0) is 42.7 Å². The van der Waals surface area contributed by atoms with Crippen LogP contribution in [0.4, 0.5) is 5.69 Å². The van der Waals surface area contributed by atoms with E-state index in [0.29, 0.717) is 23.6 Å². The molecule has 2 rings (SSSR count). The molecule has 1 aromatic heterocycles. The first kappa shape index (κ1) is 16.3. The number of rotatable bonds is 7. The molecule has 1 amide bonds. The van der Waals surface area contributed by atoms with Crippen LogP contribution in [-0.2, 0) is 4.79 Å². The van der Waals surface area contributed by atoms with Crippen LogP contribution in [0.5, 0.6) is 11.5 Å². The lowest BCUT2D eigenvalue weighted by Crippen LogP contribution is -2.36. The summed E-state index contributed by atoms with van der Waals surface area (Å²) >= 11 is 1.67. The largest absolute Gasteiger partial charge is 0.457 e. The maximum absolute atomic E-state index is 12.0. The van der Waals surface area contributed by atoms with Crippen molar-refractivity contribution in [2.75, 3.05) is 17.3 Å².